The normalized spacial score (nSPS) is 17.1. The highest BCUT2D eigenvalue weighted by molar-refractivity contribution is 4.71. The lowest BCUT2D eigenvalue weighted by Gasteiger charge is -2.29. The van der Waals surface area contributed by atoms with E-state index in [1.807, 2.05) is 0 Å². The van der Waals surface area contributed by atoms with E-state index >= 15 is 0 Å². The minimum atomic E-state index is 0.501. The van der Waals surface area contributed by atoms with E-state index in [1.54, 1.807) is 0 Å². The molecule has 0 aromatic carbocycles. The highest BCUT2D eigenvalue weighted by atomic mass is 14.3. The van der Waals surface area contributed by atoms with Crippen molar-refractivity contribution in [1.82, 2.24) is 0 Å². The number of hydrogen-bond donors (Lipinski definition) is 0. The second kappa shape index (κ2) is 5.67. The van der Waals surface area contributed by atoms with Crippen molar-refractivity contribution in [3.63, 3.8) is 0 Å². The lowest BCUT2D eigenvalue weighted by molar-refractivity contribution is 0.223. The third kappa shape index (κ3) is 6.12. The first-order valence-corrected chi connectivity index (χ1v) is 5.90. The maximum atomic E-state index is 2.43. The minimum absolute atomic E-state index is 0.501. The molecule has 0 saturated heterocycles. The highest BCUT2D eigenvalue weighted by Gasteiger charge is 2.20. The largest absolute Gasteiger partial charge is 0.0654 e. The van der Waals surface area contributed by atoms with Gasteiger partial charge in [0.05, 0.1) is 0 Å². The Hall–Kier alpha value is 0. The minimum Gasteiger partial charge on any atom is -0.0654 e. The summed E-state index contributed by atoms with van der Waals surface area (Å²) in [7, 11) is 0. The van der Waals surface area contributed by atoms with Gasteiger partial charge in [-0.05, 0) is 23.7 Å². The summed E-state index contributed by atoms with van der Waals surface area (Å²) in [6.07, 6.45) is 5.47. The molecule has 0 radical (unpaired) electrons. The fourth-order valence-corrected chi connectivity index (χ4v) is 2.39. The molecule has 0 aromatic rings. The Morgan fingerprint density at radius 2 is 1.62 bits per heavy atom. The molecule has 0 N–H and O–H groups in total. The molecule has 0 spiro atoms. The molecule has 0 amide bonds. The Bertz CT molecular complexity index is 118. The van der Waals surface area contributed by atoms with Crippen molar-refractivity contribution in [3.05, 3.63) is 0 Å². The average Bonchev–Trinajstić information content (AvgIpc) is 1.96. The van der Waals surface area contributed by atoms with Gasteiger partial charge in [-0.2, -0.15) is 0 Å². The van der Waals surface area contributed by atoms with Gasteiger partial charge in [-0.25, -0.2) is 0 Å². The predicted octanol–water partition coefficient (Wildman–Crippen LogP) is 4.89. The van der Waals surface area contributed by atoms with Gasteiger partial charge in [0.1, 0.15) is 0 Å². The fourth-order valence-electron chi connectivity index (χ4n) is 2.39. The van der Waals surface area contributed by atoms with Gasteiger partial charge < -0.3 is 0 Å². The first kappa shape index (κ1) is 13.0. The number of rotatable bonds is 5. The summed E-state index contributed by atoms with van der Waals surface area (Å²) in [5.74, 6) is 1.84. The van der Waals surface area contributed by atoms with Crippen LogP contribution in [0.2, 0.25) is 0 Å². The Labute approximate surface area is 85.1 Å². The Morgan fingerprint density at radius 3 is 1.92 bits per heavy atom. The van der Waals surface area contributed by atoms with Crippen molar-refractivity contribution in [1.29, 1.82) is 0 Å². The van der Waals surface area contributed by atoms with Crippen LogP contribution >= 0.6 is 0 Å². The molecule has 0 rings (SSSR count). The predicted molar refractivity (Wildman–Crippen MR) is 61.9 cm³/mol. The molecular weight excluding hydrogens is 156 g/mol. The second-order valence-corrected chi connectivity index (χ2v) is 5.70. The molecule has 0 bridgehead atoms. The van der Waals surface area contributed by atoms with Crippen LogP contribution in [-0.4, -0.2) is 0 Å². The molecule has 13 heavy (non-hydrogen) atoms. The molecule has 0 aromatic heterocycles. The van der Waals surface area contributed by atoms with Gasteiger partial charge in [-0.1, -0.05) is 60.8 Å². The Balaban J connectivity index is 3.97. The van der Waals surface area contributed by atoms with Crippen molar-refractivity contribution in [2.24, 2.45) is 17.3 Å². The summed E-state index contributed by atoms with van der Waals surface area (Å²) in [4.78, 5) is 0. The average molecular weight is 184 g/mol. The molecule has 0 fully saturated rings. The van der Waals surface area contributed by atoms with E-state index in [1.165, 1.54) is 25.7 Å². The van der Waals surface area contributed by atoms with Crippen molar-refractivity contribution < 1.29 is 0 Å². The van der Waals surface area contributed by atoms with Gasteiger partial charge in [0, 0.05) is 0 Å². The summed E-state index contributed by atoms with van der Waals surface area (Å²) in [6.45, 7) is 14.1. The molecule has 0 heteroatoms. The molecule has 0 aliphatic heterocycles. The van der Waals surface area contributed by atoms with Crippen LogP contribution in [0.25, 0.3) is 0 Å². The van der Waals surface area contributed by atoms with Crippen LogP contribution in [0, 0.1) is 17.3 Å². The smallest absolute Gasteiger partial charge is 0.0380 e. The van der Waals surface area contributed by atoms with Gasteiger partial charge in [0.25, 0.3) is 0 Å². The lowest BCUT2D eigenvalue weighted by Crippen LogP contribution is -2.18. The van der Waals surface area contributed by atoms with Crippen molar-refractivity contribution >= 4 is 0 Å². The summed E-state index contributed by atoms with van der Waals surface area (Å²) >= 11 is 0. The van der Waals surface area contributed by atoms with Crippen LogP contribution in [-0.2, 0) is 0 Å². The second-order valence-electron chi connectivity index (χ2n) is 5.70. The highest BCUT2D eigenvalue weighted by Crippen LogP contribution is 2.32. The maximum absolute atomic E-state index is 2.43. The van der Waals surface area contributed by atoms with Gasteiger partial charge >= 0.3 is 0 Å². The summed E-state index contributed by atoms with van der Waals surface area (Å²) < 4.78 is 0. The van der Waals surface area contributed by atoms with E-state index in [0.29, 0.717) is 5.41 Å². The zero-order valence-electron chi connectivity index (χ0n) is 10.5. The van der Waals surface area contributed by atoms with Crippen LogP contribution in [0.5, 0.6) is 0 Å². The summed E-state index contributed by atoms with van der Waals surface area (Å²) in [5, 5.41) is 0. The molecule has 0 nitrogen and oxygen atoms in total. The molecular formula is C13H28. The molecule has 0 heterocycles. The molecule has 80 valence electrons. The Morgan fingerprint density at radius 1 is 1.08 bits per heavy atom. The molecule has 2 atom stereocenters. The molecule has 0 aliphatic rings. The van der Waals surface area contributed by atoms with Crippen molar-refractivity contribution in [2.75, 3.05) is 0 Å². The third-order valence-electron chi connectivity index (χ3n) is 2.92. The van der Waals surface area contributed by atoms with Crippen LogP contribution in [0.3, 0.4) is 0 Å². The standard InChI is InChI=1S/C13H28/c1-7-9-12(8-2)11(3)10-13(4,5)6/h11-12H,7-10H2,1-6H3. The fraction of sp³-hybridized carbons (Fsp3) is 1.00. The SMILES string of the molecule is CCCC(CC)C(C)CC(C)(C)C. The van der Waals surface area contributed by atoms with Gasteiger partial charge in [-0.15, -0.1) is 0 Å². The maximum Gasteiger partial charge on any atom is -0.0380 e. The first-order chi connectivity index (χ1) is 5.90. The summed E-state index contributed by atoms with van der Waals surface area (Å²) in [6, 6.07) is 0. The number of hydrogen-bond acceptors (Lipinski definition) is 0. The van der Waals surface area contributed by atoms with E-state index in [0.717, 1.165) is 11.8 Å². The zero-order valence-corrected chi connectivity index (χ0v) is 10.5. The van der Waals surface area contributed by atoms with Crippen LogP contribution in [0.1, 0.15) is 67.2 Å². The molecule has 0 aliphatic carbocycles. The van der Waals surface area contributed by atoms with Gasteiger partial charge in [0.2, 0.25) is 0 Å². The third-order valence-corrected chi connectivity index (χ3v) is 2.92. The lowest BCUT2D eigenvalue weighted by atomic mass is 9.77. The Kier molecular flexibility index (Phi) is 5.67. The van der Waals surface area contributed by atoms with Crippen molar-refractivity contribution in [2.45, 2.75) is 67.2 Å². The van der Waals surface area contributed by atoms with Crippen LogP contribution in [0.15, 0.2) is 0 Å². The topological polar surface area (TPSA) is 0 Å². The molecule has 0 saturated carbocycles. The van der Waals surface area contributed by atoms with E-state index in [4.69, 9.17) is 0 Å². The van der Waals surface area contributed by atoms with E-state index in [2.05, 4.69) is 41.5 Å². The zero-order chi connectivity index (χ0) is 10.5. The van der Waals surface area contributed by atoms with Crippen LogP contribution < -0.4 is 0 Å². The van der Waals surface area contributed by atoms with E-state index in [-0.39, 0.29) is 0 Å². The first-order valence-electron chi connectivity index (χ1n) is 5.90. The van der Waals surface area contributed by atoms with E-state index in [9.17, 15) is 0 Å². The monoisotopic (exact) mass is 184 g/mol. The van der Waals surface area contributed by atoms with Crippen molar-refractivity contribution in [3.8, 4) is 0 Å². The van der Waals surface area contributed by atoms with Crippen LogP contribution in [0.4, 0.5) is 0 Å². The quantitative estimate of drug-likeness (QED) is 0.571. The van der Waals surface area contributed by atoms with Gasteiger partial charge in [0.15, 0.2) is 0 Å². The van der Waals surface area contributed by atoms with E-state index < -0.39 is 0 Å². The van der Waals surface area contributed by atoms with Gasteiger partial charge in [-0.3, -0.25) is 0 Å². The molecule has 2 unspecified atom stereocenters. The summed E-state index contributed by atoms with van der Waals surface area (Å²) in [5.41, 5.74) is 0.501.